The van der Waals surface area contributed by atoms with Gasteiger partial charge in [-0.3, -0.25) is 9.38 Å². The predicted octanol–water partition coefficient (Wildman–Crippen LogP) is 2.09. The number of rotatable bonds is 3. The highest BCUT2D eigenvalue weighted by atomic mass is 32.1. The van der Waals surface area contributed by atoms with Crippen molar-refractivity contribution in [1.82, 2.24) is 14.4 Å². The molecule has 0 fully saturated rings. The molecule has 1 atom stereocenters. The van der Waals surface area contributed by atoms with Crippen LogP contribution in [0.25, 0.3) is 4.96 Å². The Labute approximate surface area is 100 Å². The van der Waals surface area contributed by atoms with Gasteiger partial charge in [-0.15, -0.1) is 22.7 Å². The second kappa shape index (κ2) is 3.97. The number of imidazole rings is 1. The Bertz CT molecular complexity index is 552. The molecule has 0 spiro atoms. The van der Waals surface area contributed by atoms with E-state index in [2.05, 4.69) is 9.97 Å². The van der Waals surface area contributed by atoms with Gasteiger partial charge in [-0.2, -0.15) is 0 Å². The fourth-order valence-corrected chi connectivity index (χ4v) is 2.95. The van der Waals surface area contributed by atoms with Crippen LogP contribution in [-0.2, 0) is 6.42 Å². The normalized spacial score (nSPS) is 13.3. The van der Waals surface area contributed by atoms with Gasteiger partial charge in [-0.1, -0.05) is 0 Å². The standard InChI is InChI=1S/C10H10N4S2/c11-8(9-4-12-6-16-9)3-7-5-14-1-2-15-10(14)13-7/h1-2,4-6,8H,3,11H2. The van der Waals surface area contributed by atoms with E-state index in [1.807, 2.05) is 28.4 Å². The summed E-state index contributed by atoms with van der Waals surface area (Å²) in [5, 5.41) is 2.02. The van der Waals surface area contributed by atoms with Crippen molar-refractivity contribution in [1.29, 1.82) is 0 Å². The number of hydrogen-bond donors (Lipinski definition) is 1. The summed E-state index contributed by atoms with van der Waals surface area (Å²) < 4.78 is 2.03. The first-order valence-corrected chi connectivity index (χ1v) is 6.64. The maximum atomic E-state index is 6.09. The summed E-state index contributed by atoms with van der Waals surface area (Å²) in [5.41, 5.74) is 8.93. The lowest BCUT2D eigenvalue weighted by Crippen LogP contribution is -2.11. The smallest absolute Gasteiger partial charge is 0.193 e. The quantitative estimate of drug-likeness (QED) is 0.774. The molecular weight excluding hydrogens is 240 g/mol. The third-order valence-electron chi connectivity index (χ3n) is 2.39. The minimum atomic E-state index is -0.00268. The molecule has 0 aromatic carbocycles. The van der Waals surface area contributed by atoms with Gasteiger partial charge in [0.1, 0.15) is 0 Å². The molecule has 0 radical (unpaired) electrons. The van der Waals surface area contributed by atoms with Crippen LogP contribution in [0.3, 0.4) is 0 Å². The van der Waals surface area contributed by atoms with Gasteiger partial charge < -0.3 is 5.73 Å². The van der Waals surface area contributed by atoms with Gasteiger partial charge in [0.2, 0.25) is 0 Å². The van der Waals surface area contributed by atoms with Crippen LogP contribution in [0.15, 0.2) is 29.5 Å². The maximum absolute atomic E-state index is 6.09. The zero-order valence-corrected chi connectivity index (χ0v) is 10.0. The molecule has 2 N–H and O–H groups in total. The van der Waals surface area contributed by atoms with E-state index < -0.39 is 0 Å². The SMILES string of the molecule is NC(Cc1cn2ccsc2n1)c1cncs1. The number of thiazole rings is 2. The summed E-state index contributed by atoms with van der Waals surface area (Å²) in [6, 6.07) is -0.00268. The molecule has 0 bridgehead atoms. The zero-order valence-electron chi connectivity index (χ0n) is 8.41. The van der Waals surface area contributed by atoms with Gasteiger partial charge in [-0.05, 0) is 0 Å². The van der Waals surface area contributed by atoms with Gasteiger partial charge in [0.05, 0.1) is 11.2 Å². The molecular formula is C10H10N4S2. The van der Waals surface area contributed by atoms with Crippen LogP contribution in [0.1, 0.15) is 16.6 Å². The fourth-order valence-electron chi connectivity index (χ4n) is 1.61. The Balaban J connectivity index is 1.82. The van der Waals surface area contributed by atoms with Crippen LogP contribution in [0.4, 0.5) is 0 Å². The summed E-state index contributed by atoms with van der Waals surface area (Å²) in [4.78, 5) is 10.7. The lowest BCUT2D eigenvalue weighted by atomic mass is 10.1. The van der Waals surface area contributed by atoms with Crippen molar-refractivity contribution >= 4 is 27.6 Å². The average molecular weight is 250 g/mol. The fraction of sp³-hybridized carbons (Fsp3) is 0.200. The Hall–Kier alpha value is -1.24. The number of fused-ring (bicyclic) bond motifs is 1. The van der Waals surface area contributed by atoms with Crippen LogP contribution in [-0.4, -0.2) is 14.4 Å². The molecule has 0 aliphatic carbocycles. The molecule has 0 aliphatic heterocycles. The highest BCUT2D eigenvalue weighted by Gasteiger charge is 2.11. The molecule has 3 heterocycles. The van der Waals surface area contributed by atoms with Gasteiger partial charge in [0, 0.05) is 41.3 Å². The summed E-state index contributed by atoms with van der Waals surface area (Å²) in [5.74, 6) is 0. The van der Waals surface area contributed by atoms with Crippen molar-refractivity contribution < 1.29 is 0 Å². The Morgan fingerprint density at radius 3 is 3.12 bits per heavy atom. The molecule has 0 saturated carbocycles. The minimum Gasteiger partial charge on any atom is -0.323 e. The van der Waals surface area contributed by atoms with Gasteiger partial charge in [-0.25, -0.2) is 4.98 Å². The van der Waals surface area contributed by atoms with E-state index in [1.54, 1.807) is 28.2 Å². The lowest BCUT2D eigenvalue weighted by Gasteiger charge is -2.05. The summed E-state index contributed by atoms with van der Waals surface area (Å²) in [7, 11) is 0. The van der Waals surface area contributed by atoms with E-state index in [4.69, 9.17) is 5.73 Å². The van der Waals surface area contributed by atoms with E-state index >= 15 is 0 Å². The highest BCUT2D eigenvalue weighted by Crippen LogP contribution is 2.20. The molecule has 3 aromatic heterocycles. The highest BCUT2D eigenvalue weighted by molar-refractivity contribution is 7.15. The third kappa shape index (κ3) is 1.75. The summed E-state index contributed by atoms with van der Waals surface area (Å²) in [6.45, 7) is 0. The van der Waals surface area contributed by atoms with E-state index in [1.165, 1.54) is 0 Å². The number of aromatic nitrogens is 3. The number of nitrogens with two attached hydrogens (primary N) is 1. The molecule has 3 aromatic rings. The topological polar surface area (TPSA) is 56.2 Å². The molecule has 6 heteroatoms. The molecule has 0 saturated heterocycles. The molecule has 82 valence electrons. The average Bonchev–Trinajstić information content (AvgIpc) is 2.91. The number of hydrogen-bond acceptors (Lipinski definition) is 5. The number of nitrogens with zero attached hydrogens (tertiary/aromatic N) is 3. The maximum Gasteiger partial charge on any atom is 0.193 e. The second-order valence-electron chi connectivity index (χ2n) is 3.54. The summed E-state index contributed by atoms with van der Waals surface area (Å²) in [6.07, 6.45) is 6.63. The van der Waals surface area contributed by atoms with Crippen LogP contribution >= 0.6 is 22.7 Å². The Kier molecular flexibility index (Phi) is 2.47. The molecule has 16 heavy (non-hydrogen) atoms. The van der Waals surface area contributed by atoms with E-state index in [0.29, 0.717) is 0 Å². The zero-order chi connectivity index (χ0) is 11.0. The molecule has 0 aliphatic rings. The van der Waals surface area contributed by atoms with Crippen molar-refractivity contribution in [2.75, 3.05) is 0 Å². The summed E-state index contributed by atoms with van der Waals surface area (Å²) >= 11 is 3.23. The monoisotopic (exact) mass is 250 g/mol. The van der Waals surface area contributed by atoms with Gasteiger partial charge >= 0.3 is 0 Å². The van der Waals surface area contributed by atoms with Crippen LogP contribution in [0.5, 0.6) is 0 Å². The minimum absolute atomic E-state index is 0.00268. The third-order valence-corrected chi connectivity index (χ3v) is 4.07. The van der Waals surface area contributed by atoms with Crippen molar-refractivity contribution in [3.8, 4) is 0 Å². The van der Waals surface area contributed by atoms with E-state index in [0.717, 1.165) is 22.0 Å². The first kappa shape index (κ1) is 9.95. The van der Waals surface area contributed by atoms with Gasteiger partial charge in [0.15, 0.2) is 4.96 Å². The molecule has 0 amide bonds. The Morgan fingerprint density at radius 2 is 2.38 bits per heavy atom. The first-order chi connectivity index (χ1) is 7.83. The van der Waals surface area contributed by atoms with Crippen molar-refractivity contribution in [3.63, 3.8) is 0 Å². The van der Waals surface area contributed by atoms with Crippen molar-refractivity contribution in [2.24, 2.45) is 5.73 Å². The van der Waals surface area contributed by atoms with Crippen molar-refractivity contribution in [2.45, 2.75) is 12.5 Å². The van der Waals surface area contributed by atoms with Crippen LogP contribution in [0, 0.1) is 0 Å². The first-order valence-electron chi connectivity index (χ1n) is 4.88. The predicted molar refractivity (Wildman–Crippen MR) is 65.8 cm³/mol. The van der Waals surface area contributed by atoms with Gasteiger partial charge in [0.25, 0.3) is 0 Å². The largest absolute Gasteiger partial charge is 0.323 e. The van der Waals surface area contributed by atoms with Crippen LogP contribution in [0.2, 0.25) is 0 Å². The molecule has 4 nitrogen and oxygen atoms in total. The molecule has 1 unspecified atom stereocenters. The van der Waals surface area contributed by atoms with E-state index in [9.17, 15) is 0 Å². The molecule has 3 rings (SSSR count). The van der Waals surface area contributed by atoms with Crippen LogP contribution < -0.4 is 5.73 Å². The Morgan fingerprint density at radius 1 is 1.44 bits per heavy atom. The second-order valence-corrected chi connectivity index (χ2v) is 5.33. The van der Waals surface area contributed by atoms with E-state index in [-0.39, 0.29) is 6.04 Å². The lowest BCUT2D eigenvalue weighted by molar-refractivity contribution is 0.722. The van der Waals surface area contributed by atoms with Crippen molar-refractivity contribution in [3.05, 3.63) is 40.1 Å².